The van der Waals surface area contributed by atoms with E-state index in [9.17, 15) is 4.79 Å². The second-order valence-corrected chi connectivity index (χ2v) is 4.53. The molecule has 0 unspecified atom stereocenters. The molecule has 1 aliphatic rings. The third-order valence-electron chi connectivity index (χ3n) is 3.51. The quantitative estimate of drug-likeness (QED) is 0.740. The van der Waals surface area contributed by atoms with Crippen LogP contribution in [0.25, 0.3) is 11.3 Å². The Hall–Kier alpha value is -1.83. The van der Waals surface area contributed by atoms with Gasteiger partial charge in [-0.05, 0) is 36.5 Å². The fraction of sp³-hybridized carbons (Fsp3) is 0.267. The van der Waals surface area contributed by atoms with Crippen LogP contribution in [0.5, 0.6) is 0 Å². The second kappa shape index (κ2) is 4.21. The predicted octanol–water partition coefficient (Wildman–Crippen LogP) is 4.03. The number of carbonyl (C=O) groups is 1. The molecule has 86 valence electrons. The zero-order chi connectivity index (χ0) is 11.7. The Kier molecular flexibility index (Phi) is 2.56. The topological polar surface area (TPSA) is 30.2 Å². The summed E-state index contributed by atoms with van der Waals surface area (Å²) in [5.41, 5.74) is 2.48. The molecule has 1 fully saturated rings. The van der Waals surface area contributed by atoms with Gasteiger partial charge < -0.3 is 4.42 Å². The molecule has 0 spiro atoms. The highest BCUT2D eigenvalue weighted by Gasteiger charge is 2.23. The average Bonchev–Trinajstić information content (AvgIpc) is 2.76. The van der Waals surface area contributed by atoms with Gasteiger partial charge in [-0.25, -0.2) is 0 Å². The van der Waals surface area contributed by atoms with E-state index in [1.54, 1.807) is 6.07 Å². The molecule has 0 atom stereocenters. The maximum Gasteiger partial charge on any atom is 0.185 e. The van der Waals surface area contributed by atoms with E-state index in [-0.39, 0.29) is 0 Å². The normalized spacial score (nSPS) is 15.5. The molecule has 0 saturated heterocycles. The first kappa shape index (κ1) is 10.3. The number of hydrogen-bond acceptors (Lipinski definition) is 2. The van der Waals surface area contributed by atoms with Gasteiger partial charge in [-0.2, -0.15) is 0 Å². The van der Waals surface area contributed by atoms with Crippen LogP contribution in [0.2, 0.25) is 0 Å². The fourth-order valence-electron chi connectivity index (χ4n) is 2.36. The highest BCUT2D eigenvalue weighted by molar-refractivity contribution is 5.73. The van der Waals surface area contributed by atoms with E-state index in [2.05, 4.69) is 18.2 Å². The highest BCUT2D eigenvalue weighted by Crippen LogP contribution is 2.41. The monoisotopic (exact) mass is 226 g/mol. The van der Waals surface area contributed by atoms with Crippen LogP contribution < -0.4 is 0 Å². The molecule has 3 rings (SSSR count). The molecule has 2 heteroatoms. The molecule has 2 aromatic rings. The van der Waals surface area contributed by atoms with Gasteiger partial charge in [-0.1, -0.05) is 30.7 Å². The first-order valence-corrected chi connectivity index (χ1v) is 6.03. The van der Waals surface area contributed by atoms with Crippen LogP contribution in [0.4, 0.5) is 0 Å². The van der Waals surface area contributed by atoms with E-state index in [0.717, 1.165) is 17.6 Å². The van der Waals surface area contributed by atoms with Crippen molar-refractivity contribution in [2.24, 2.45) is 0 Å². The van der Waals surface area contributed by atoms with Crippen molar-refractivity contribution < 1.29 is 9.21 Å². The van der Waals surface area contributed by atoms with Gasteiger partial charge in [0.05, 0.1) is 0 Å². The minimum atomic E-state index is 0.392. The Balaban J connectivity index is 2.03. The lowest BCUT2D eigenvalue weighted by Gasteiger charge is -2.27. The Bertz CT molecular complexity index is 535. The van der Waals surface area contributed by atoms with Crippen molar-refractivity contribution in [2.75, 3.05) is 0 Å². The first-order valence-electron chi connectivity index (χ1n) is 6.03. The van der Waals surface area contributed by atoms with Crippen LogP contribution in [-0.4, -0.2) is 6.29 Å². The van der Waals surface area contributed by atoms with E-state index in [0.29, 0.717) is 11.7 Å². The Morgan fingerprint density at radius 3 is 2.59 bits per heavy atom. The molecular formula is C15H14O2. The van der Waals surface area contributed by atoms with Gasteiger partial charge in [-0.3, -0.25) is 4.79 Å². The summed E-state index contributed by atoms with van der Waals surface area (Å²) in [7, 11) is 0. The van der Waals surface area contributed by atoms with E-state index in [4.69, 9.17) is 4.42 Å². The molecule has 0 radical (unpaired) electrons. The van der Waals surface area contributed by atoms with E-state index >= 15 is 0 Å². The third-order valence-corrected chi connectivity index (χ3v) is 3.51. The molecule has 1 heterocycles. The molecule has 1 aliphatic carbocycles. The second-order valence-electron chi connectivity index (χ2n) is 4.53. The summed E-state index contributed by atoms with van der Waals surface area (Å²) in [6.07, 6.45) is 4.59. The summed E-state index contributed by atoms with van der Waals surface area (Å²) in [5.74, 6) is 1.86. The minimum Gasteiger partial charge on any atom is -0.453 e. The van der Waals surface area contributed by atoms with E-state index in [1.165, 1.54) is 24.8 Å². The number of hydrogen-bond donors (Lipinski definition) is 0. The number of rotatable bonds is 3. The summed E-state index contributed by atoms with van der Waals surface area (Å²) in [4.78, 5) is 10.6. The van der Waals surface area contributed by atoms with Crippen molar-refractivity contribution in [3.63, 3.8) is 0 Å². The van der Waals surface area contributed by atoms with Crippen molar-refractivity contribution >= 4 is 6.29 Å². The Labute approximate surface area is 100 Å². The molecule has 0 bridgehead atoms. The fourth-order valence-corrected chi connectivity index (χ4v) is 2.36. The van der Waals surface area contributed by atoms with Gasteiger partial charge in [0, 0.05) is 5.56 Å². The van der Waals surface area contributed by atoms with Crippen LogP contribution in [-0.2, 0) is 0 Å². The van der Waals surface area contributed by atoms with Gasteiger partial charge >= 0.3 is 0 Å². The smallest absolute Gasteiger partial charge is 0.185 e. The molecule has 0 aliphatic heterocycles. The molecule has 1 saturated carbocycles. The standard InChI is InChI=1S/C15H14O2/c16-10-12-8-9-15(17-12)14-7-2-1-6-13(14)11-4-3-5-11/h1-2,6-11H,3-5H2. The summed E-state index contributed by atoms with van der Waals surface area (Å²) in [6, 6.07) is 11.9. The zero-order valence-corrected chi connectivity index (χ0v) is 9.56. The van der Waals surface area contributed by atoms with Crippen molar-refractivity contribution in [3.05, 3.63) is 47.7 Å². The SMILES string of the molecule is O=Cc1ccc(-c2ccccc2C2CCC2)o1. The number of benzene rings is 1. The molecular weight excluding hydrogens is 212 g/mol. The number of carbonyl (C=O) groups excluding carboxylic acids is 1. The summed E-state index contributed by atoms with van der Waals surface area (Å²) in [6.45, 7) is 0. The lowest BCUT2D eigenvalue weighted by atomic mass is 9.78. The molecule has 2 nitrogen and oxygen atoms in total. The van der Waals surface area contributed by atoms with Crippen molar-refractivity contribution in [1.82, 2.24) is 0 Å². The maximum atomic E-state index is 10.6. The average molecular weight is 226 g/mol. The first-order chi connectivity index (χ1) is 8.38. The van der Waals surface area contributed by atoms with Crippen LogP contribution >= 0.6 is 0 Å². The molecule has 1 aromatic heterocycles. The van der Waals surface area contributed by atoms with Crippen LogP contribution in [0, 0.1) is 0 Å². The van der Waals surface area contributed by atoms with Crippen LogP contribution in [0.3, 0.4) is 0 Å². The summed E-state index contributed by atoms with van der Waals surface area (Å²) < 4.78 is 5.51. The Morgan fingerprint density at radius 1 is 1.12 bits per heavy atom. The maximum absolute atomic E-state index is 10.6. The Morgan fingerprint density at radius 2 is 1.94 bits per heavy atom. The summed E-state index contributed by atoms with van der Waals surface area (Å²) >= 11 is 0. The lowest BCUT2D eigenvalue weighted by molar-refractivity contribution is 0.110. The van der Waals surface area contributed by atoms with Gasteiger partial charge in [0.15, 0.2) is 12.0 Å². The number of aldehydes is 1. The van der Waals surface area contributed by atoms with Gasteiger partial charge in [0.25, 0.3) is 0 Å². The molecule has 17 heavy (non-hydrogen) atoms. The summed E-state index contributed by atoms with van der Waals surface area (Å²) in [5, 5.41) is 0. The van der Waals surface area contributed by atoms with Crippen LogP contribution in [0.1, 0.15) is 41.3 Å². The zero-order valence-electron chi connectivity index (χ0n) is 9.56. The molecule has 1 aromatic carbocycles. The highest BCUT2D eigenvalue weighted by atomic mass is 16.3. The third kappa shape index (κ3) is 1.80. The number of furan rings is 1. The van der Waals surface area contributed by atoms with Crippen molar-refractivity contribution in [1.29, 1.82) is 0 Å². The van der Waals surface area contributed by atoms with Crippen LogP contribution in [0.15, 0.2) is 40.8 Å². The minimum absolute atomic E-state index is 0.392. The lowest BCUT2D eigenvalue weighted by Crippen LogP contribution is -2.09. The van der Waals surface area contributed by atoms with Gasteiger partial charge in [-0.15, -0.1) is 0 Å². The van der Waals surface area contributed by atoms with Gasteiger partial charge in [0.1, 0.15) is 5.76 Å². The van der Waals surface area contributed by atoms with Crippen molar-refractivity contribution in [2.45, 2.75) is 25.2 Å². The molecule has 0 N–H and O–H groups in total. The van der Waals surface area contributed by atoms with E-state index < -0.39 is 0 Å². The largest absolute Gasteiger partial charge is 0.453 e. The molecule has 0 amide bonds. The van der Waals surface area contributed by atoms with E-state index in [1.807, 2.05) is 12.1 Å². The van der Waals surface area contributed by atoms with Crippen molar-refractivity contribution in [3.8, 4) is 11.3 Å². The predicted molar refractivity (Wildman–Crippen MR) is 66.1 cm³/mol. The van der Waals surface area contributed by atoms with Gasteiger partial charge in [0.2, 0.25) is 0 Å².